The van der Waals surface area contributed by atoms with E-state index in [1.807, 2.05) is 11.6 Å². The first kappa shape index (κ1) is 16.0. The highest BCUT2D eigenvalue weighted by atomic mass is 16.1. The first-order valence-corrected chi connectivity index (χ1v) is 8.16. The van der Waals surface area contributed by atoms with Crippen LogP contribution in [0, 0.1) is 12.8 Å². The highest BCUT2D eigenvalue weighted by Crippen LogP contribution is 2.26. The molecule has 5 heteroatoms. The summed E-state index contributed by atoms with van der Waals surface area (Å²) in [5.41, 5.74) is 7.14. The summed E-state index contributed by atoms with van der Waals surface area (Å²) < 4.78 is 1.87. The van der Waals surface area contributed by atoms with Gasteiger partial charge in [-0.3, -0.25) is 9.48 Å². The molecular formula is C16H28N4O. The van der Waals surface area contributed by atoms with E-state index in [1.165, 1.54) is 32.1 Å². The Hall–Kier alpha value is -1.36. The quantitative estimate of drug-likeness (QED) is 0.844. The summed E-state index contributed by atoms with van der Waals surface area (Å²) in [4.78, 5) is 12.4. The fourth-order valence-corrected chi connectivity index (χ4v) is 3.17. The molecule has 2 rings (SSSR count). The molecule has 21 heavy (non-hydrogen) atoms. The van der Waals surface area contributed by atoms with Crippen LogP contribution >= 0.6 is 0 Å². The fourth-order valence-electron chi connectivity index (χ4n) is 3.17. The molecule has 0 spiro atoms. The molecular weight excluding hydrogens is 264 g/mol. The first-order chi connectivity index (χ1) is 10.1. The number of carbonyl (C=O) groups excluding carboxylic acids is 1. The van der Waals surface area contributed by atoms with Crippen molar-refractivity contribution in [3.05, 3.63) is 17.5 Å². The van der Waals surface area contributed by atoms with Crippen LogP contribution in [0.15, 0.2) is 6.20 Å². The van der Waals surface area contributed by atoms with Crippen molar-refractivity contribution in [3.63, 3.8) is 0 Å². The normalized spacial score (nSPS) is 17.7. The summed E-state index contributed by atoms with van der Waals surface area (Å²) in [6.45, 7) is 5.49. The fraction of sp³-hybridized carbons (Fsp3) is 0.750. The lowest BCUT2D eigenvalue weighted by atomic mass is 9.84. The van der Waals surface area contributed by atoms with Crippen LogP contribution in [0.1, 0.15) is 61.5 Å². The van der Waals surface area contributed by atoms with Crippen molar-refractivity contribution in [2.45, 2.75) is 65.0 Å². The van der Waals surface area contributed by atoms with Gasteiger partial charge in [0.05, 0.1) is 11.8 Å². The Labute approximate surface area is 127 Å². The molecule has 1 fully saturated rings. The van der Waals surface area contributed by atoms with Crippen LogP contribution in [0.25, 0.3) is 0 Å². The number of nitrogens with one attached hydrogen (secondary N) is 1. The van der Waals surface area contributed by atoms with Gasteiger partial charge in [-0.2, -0.15) is 5.10 Å². The van der Waals surface area contributed by atoms with Crippen LogP contribution in [0.3, 0.4) is 0 Å². The molecule has 1 aromatic rings. The van der Waals surface area contributed by atoms with Crippen LogP contribution in [-0.4, -0.2) is 28.3 Å². The van der Waals surface area contributed by atoms with E-state index in [2.05, 4.69) is 17.3 Å². The molecule has 1 aromatic heterocycles. The molecule has 1 aliphatic rings. The highest BCUT2D eigenvalue weighted by molar-refractivity contribution is 5.95. The smallest absolute Gasteiger partial charge is 0.254 e. The Morgan fingerprint density at radius 2 is 2.19 bits per heavy atom. The largest absolute Gasteiger partial charge is 0.349 e. The van der Waals surface area contributed by atoms with Crippen LogP contribution in [0.2, 0.25) is 0 Å². The highest BCUT2D eigenvalue weighted by Gasteiger charge is 2.23. The molecule has 1 unspecified atom stereocenters. The Kier molecular flexibility index (Phi) is 5.79. The molecule has 118 valence electrons. The predicted octanol–water partition coefficient (Wildman–Crippen LogP) is 2.24. The van der Waals surface area contributed by atoms with E-state index in [0.717, 1.165) is 18.7 Å². The predicted molar refractivity (Wildman–Crippen MR) is 84.1 cm³/mol. The molecule has 1 heterocycles. The van der Waals surface area contributed by atoms with Crippen molar-refractivity contribution in [1.29, 1.82) is 0 Å². The van der Waals surface area contributed by atoms with Crippen LogP contribution in [0.5, 0.6) is 0 Å². The Bertz CT molecular complexity index is 463. The molecule has 0 aromatic carbocycles. The van der Waals surface area contributed by atoms with E-state index in [0.29, 0.717) is 18.0 Å². The molecule has 0 bridgehead atoms. The number of hydrogen-bond acceptors (Lipinski definition) is 3. The van der Waals surface area contributed by atoms with E-state index in [-0.39, 0.29) is 11.9 Å². The summed E-state index contributed by atoms with van der Waals surface area (Å²) in [6, 6.07) is 0.240. The third-order valence-corrected chi connectivity index (χ3v) is 4.64. The Morgan fingerprint density at radius 1 is 1.48 bits per heavy atom. The maximum Gasteiger partial charge on any atom is 0.254 e. The number of aryl methyl sites for hydroxylation is 1. The van der Waals surface area contributed by atoms with Gasteiger partial charge in [0.1, 0.15) is 0 Å². The minimum absolute atomic E-state index is 0.00423. The van der Waals surface area contributed by atoms with Gasteiger partial charge in [0.15, 0.2) is 0 Å². The zero-order valence-electron chi connectivity index (χ0n) is 13.3. The topological polar surface area (TPSA) is 72.9 Å². The maximum absolute atomic E-state index is 12.4. The number of nitrogens with two attached hydrogens (primary N) is 1. The van der Waals surface area contributed by atoms with Crippen molar-refractivity contribution in [3.8, 4) is 0 Å². The zero-order valence-corrected chi connectivity index (χ0v) is 13.3. The summed E-state index contributed by atoms with van der Waals surface area (Å²) in [5, 5.41) is 7.45. The second-order valence-electron chi connectivity index (χ2n) is 6.17. The van der Waals surface area contributed by atoms with Gasteiger partial charge in [-0.25, -0.2) is 0 Å². The third-order valence-electron chi connectivity index (χ3n) is 4.64. The third kappa shape index (κ3) is 4.06. The van der Waals surface area contributed by atoms with Crippen molar-refractivity contribution >= 4 is 5.91 Å². The Balaban J connectivity index is 1.94. The zero-order chi connectivity index (χ0) is 15.2. The molecule has 1 atom stereocenters. The van der Waals surface area contributed by atoms with Crippen molar-refractivity contribution in [2.75, 3.05) is 6.54 Å². The minimum Gasteiger partial charge on any atom is -0.349 e. The second kappa shape index (κ2) is 7.59. The van der Waals surface area contributed by atoms with Gasteiger partial charge >= 0.3 is 0 Å². The SMILES string of the molecule is Cc1c(C(=O)NC(C)C2CCCCC2)cnn1CCCN. The summed E-state index contributed by atoms with van der Waals surface area (Å²) >= 11 is 0. The number of amides is 1. The van der Waals surface area contributed by atoms with Gasteiger partial charge in [0, 0.05) is 18.3 Å². The number of rotatable bonds is 6. The van der Waals surface area contributed by atoms with E-state index in [9.17, 15) is 4.79 Å². The minimum atomic E-state index is 0.00423. The Morgan fingerprint density at radius 3 is 2.86 bits per heavy atom. The van der Waals surface area contributed by atoms with Gasteiger partial charge in [-0.05, 0) is 45.6 Å². The lowest BCUT2D eigenvalue weighted by Crippen LogP contribution is -2.39. The number of nitrogens with zero attached hydrogens (tertiary/aromatic N) is 2. The monoisotopic (exact) mass is 292 g/mol. The van der Waals surface area contributed by atoms with Crippen LogP contribution < -0.4 is 11.1 Å². The van der Waals surface area contributed by atoms with E-state index < -0.39 is 0 Å². The summed E-state index contributed by atoms with van der Waals surface area (Å²) in [7, 11) is 0. The van der Waals surface area contributed by atoms with Crippen molar-refractivity contribution < 1.29 is 4.79 Å². The van der Waals surface area contributed by atoms with Crippen molar-refractivity contribution in [2.24, 2.45) is 11.7 Å². The molecule has 1 aliphatic carbocycles. The lowest BCUT2D eigenvalue weighted by molar-refractivity contribution is 0.0918. The molecule has 0 saturated heterocycles. The summed E-state index contributed by atoms with van der Waals surface area (Å²) in [6.07, 6.45) is 8.94. The van der Waals surface area contributed by atoms with E-state index >= 15 is 0 Å². The standard InChI is InChI=1S/C16H28N4O/c1-12(14-7-4-3-5-8-14)19-16(21)15-11-18-20(13(15)2)10-6-9-17/h11-12,14H,3-10,17H2,1-2H3,(H,19,21). The van der Waals surface area contributed by atoms with Gasteiger partial charge in [0.2, 0.25) is 0 Å². The lowest BCUT2D eigenvalue weighted by Gasteiger charge is -2.28. The van der Waals surface area contributed by atoms with Gasteiger partial charge < -0.3 is 11.1 Å². The second-order valence-corrected chi connectivity index (χ2v) is 6.17. The molecule has 0 radical (unpaired) electrons. The van der Waals surface area contributed by atoms with Crippen molar-refractivity contribution in [1.82, 2.24) is 15.1 Å². The summed E-state index contributed by atoms with van der Waals surface area (Å²) in [5.74, 6) is 0.625. The molecule has 1 amide bonds. The number of hydrogen-bond donors (Lipinski definition) is 2. The average molecular weight is 292 g/mol. The van der Waals surface area contributed by atoms with Gasteiger partial charge in [-0.15, -0.1) is 0 Å². The molecule has 1 saturated carbocycles. The van der Waals surface area contributed by atoms with Gasteiger partial charge in [0.25, 0.3) is 5.91 Å². The molecule has 5 nitrogen and oxygen atoms in total. The first-order valence-electron chi connectivity index (χ1n) is 8.16. The van der Waals surface area contributed by atoms with E-state index in [1.54, 1.807) is 6.20 Å². The number of carbonyl (C=O) groups is 1. The average Bonchev–Trinajstić information content (AvgIpc) is 2.87. The molecule has 3 N–H and O–H groups in total. The van der Waals surface area contributed by atoms with E-state index in [4.69, 9.17) is 5.73 Å². The molecule has 0 aliphatic heterocycles. The van der Waals surface area contributed by atoms with Crippen LogP contribution in [0.4, 0.5) is 0 Å². The number of aromatic nitrogens is 2. The maximum atomic E-state index is 12.4. The van der Waals surface area contributed by atoms with Crippen LogP contribution in [-0.2, 0) is 6.54 Å². The van der Waals surface area contributed by atoms with Gasteiger partial charge in [-0.1, -0.05) is 19.3 Å².